The Morgan fingerprint density at radius 1 is 1.57 bits per heavy atom. The molecule has 0 atom stereocenters. The predicted molar refractivity (Wildman–Crippen MR) is 54.9 cm³/mol. The number of hydrogen-bond acceptors (Lipinski definition) is 3. The highest BCUT2D eigenvalue weighted by Crippen LogP contribution is 2.42. The van der Waals surface area contributed by atoms with Gasteiger partial charge in [-0.1, -0.05) is 6.07 Å². The number of aliphatic hydroxyl groups is 1. The third-order valence-corrected chi connectivity index (χ3v) is 3.08. The molecule has 1 aliphatic rings. The molecule has 0 amide bonds. The second kappa shape index (κ2) is 3.33. The van der Waals surface area contributed by atoms with Crippen LogP contribution in [-0.2, 0) is 5.41 Å². The Morgan fingerprint density at radius 2 is 2.29 bits per heavy atom. The van der Waals surface area contributed by atoms with Crippen molar-refractivity contribution >= 4 is 0 Å². The van der Waals surface area contributed by atoms with Crippen LogP contribution in [0.25, 0.3) is 0 Å². The molecule has 2 rings (SSSR count). The molecule has 0 aromatic carbocycles. The molecule has 0 radical (unpaired) electrons. The largest absolute Gasteiger partial charge is 0.393 e. The summed E-state index contributed by atoms with van der Waals surface area (Å²) in [5, 5.41) is 9.36. The number of hydrogen-bond donors (Lipinski definition) is 2. The van der Waals surface area contributed by atoms with Gasteiger partial charge in [-0.15, -0.1) is 0 Å². The molecule has 0 saturated heterocycles. The van der Waals surface area contributed by atoms with E-state index in [1.807, 2.05) is 25.1 Å². The van der Waals surface area contributed by atoms with Crippen molar-refractivity contribution in [1.82, 2.24) is 4.98 Å². The first-order chi connectivity index (χ1) is 6.66. The minimum Gasteiger partial charge on any atom is -0.393 e. The fourth-order valence-corrected chi connectivity index (χ4v) is 2.16. The lowest BCUT2D eigenvalue weighted by molar-refractivity contribution is 0.0200. The summed E-state index contributed by atoms with van der Waals surface area (Å²) in [5.41, 5.74) is 7.74. The van der Waals surface area contributed by atoms with Crippen LogP contribution in [0, 0.1) is 6.92 Å². The number of nitrogens with two attached hydrogens (primary N) is 1. The predicted octanol–water partition coefficient (Wildman–Crippen LogP) is 0.741. The molecule has 1 aromatic heterocycles. The van der Waals surface area contributed by atoms with Gasteiger partial charge in [0.25, 0.3) is 0 Å². The molecule has 0 spiro atoms. The second-order valence-corrected chi connectivity index (χ2v) is 4.21. The molecule has 1 saturated carbocycles. The third-order valence-electron chi connectivity index (χ3n) is 3.08. The van der Waals surface area contributed by atoms with Crippen molar-refractivity contribution in [3.8, 4) is 0 Å². The van der Waals surface area contributed by atoms with Gasteiger partial charge in [0.1, 0.15) is 0 Å². The number of rotatable bonds is 2. The van der Waals surface area contributed by atoms with Crippen molar-refractivity contribution in [3.63, 3.8) is 0 Å². The highest BCUT2D eigenvalue weighted by molar-refractivity contribution is 5.24. The van der Waals surface area contributed by atoms with E-state index in [-0.39, 0.29) is 11.5 Å². The van der Waals surface area contributed by atoms with Gasteiger partial charge in [0, 0.05) is 23.3 Å². The molecule has 1 fully saturated rings. The summed E-state index contributed by atoms with van der Waals surface area (Å²) >= 11 is 0. The van der Waals surface area contributed by atoms with E-state index >= 15 is 0 Å². The van der Waals surface area contributed by atoms with Crippen LogP contribution in [-0.4, -0.2) is 22.7 Å². The van der Waals surface area contributed by atoms with E-state index in [0.717, 1.165) is 24.2 Å². The molecular formula is C11H16N2O. The quantitative estimate of drug-likeness (QED) is 0.726. The monoisotopic (exact) mass is 192 g/mol. The summed E-state index contributed by atoms with van der Waals surface area (Å²) in [6.07, 6.45) is 1.31. The zero-order valence-corrected chi connectivity index (χ0v) is 8.40. The zero-order chi connectivity index (χ0) is 10.2. The Labute approximate surface area is 84.0 Å². The summed E-state index contributed by atoms with van der Waals surface area (Å²) in [4.78, 5) is 4.48. The van der Waals surface area contributed by atoms with Gasteiger partial charge >= 0.3 is 0 Å². The van der Waals surface area contributed by atoms with Gasteiger partial charge in [-0.3, -0.25) is 4.98 Å². The van der Waals surface area contributed by atoms with Gasteiger partial charge in [-0.25, -0.2) is 0 Å². The van der Waals surface area contributed by atoms with Crippen molar-refractivity contribution < 1.29 is 5.11 Å². The number of aliphatic hydroxyl groups excluding tert-OH is 1. The third kappa shape index (κ3) is 1.42. The van der Waals surface area contributed by atoms with Gasteiger partial charge in [0.05, 0.1) is 6.10 Å². The average Bonchev–Trinajstić information content (AvgIpc) is 2.12. The van der Waals surface area contributed by atoms with Gasteiger partial charge in [-0.2, -0.15) is 0 Å². The SMILES string of the molecule is Cc1cccc(C2(CN)CC(O)C2)n1. The van der Waals surface area contributed by atoms with Crippen LogP contribution in [0.15, 0.2) is 18.2 Å². The van der Waals surface area contributed by atoms with Crippen LogP contribution in [0.4, 0.5) is 0 Å². The Bertz CT molecular complexity index is 332. The smallest absolute Gasteiger partial charge is 0.0559 e. The van der Waals surface area contributed by atoms with Gasteiger partial charge < -0.3 is 10.8 Å². The maximum atomic E-state index is 9.36. The highest BCUT2D eigenvalue weighted by Gasteiger charge is 2.44. The van der Waals surface area contributed by atoms with E-state index in [1.165, 1.54) is 0 Å². The Kier molecular flexibility index (Phi) is 2.29. The van der Waals surface area contributed by atoms with E-state index in [2.05, 4.69) is 4.98 Å². The summed E-state index contributed by atoms with van der Waals surface area (Å²) in [5.74, 6) is 0. The summed E-state index contributed by atoms with van der Waals surface area (Å²) in [6, 6.07) is 5.98. The van der Waals surface area contributed by atoms with Crippen LogP contribution in [0.5, 0.6) is 0 Å². The average molecular weight is 192 g/mol. The van der Waals surface area contributed by atoms with Gasteiger partial charge in [0.15, 0.2) is 0 Å². The van der Waals surface area contributed by atoms with E-state index < -0.39 is 0 Å². The van der Waals surface area contributed by atoms with Crippen molar-refractivity contribution in [2.24, 2.45) is 5.73 Å². The first-order valence-electron chi connectivity index (χ1n) is 4.98. The standard InChI is InChI=1S/C11H16N2O/c1-8-3-2-4-10(13-8)11(7-12)5-9(14)6-11/h2-4,9,14H,5-7,12H2,1H3. The molecule has 1 aliphatic carbocycles. The van der Waals surface area contributed by atoms with Crippen molar-refractivity contribution in [1.29, 1.82) is 0 Å². The molecule has 3 nitrogen and oxygen atoms in total. The molecule has 1 heterocycles. The molecule has 14 heavy (non-hydrogen) atoms. The van der Waals surface area contributed by atoms with Gasteiger partial charge in [-0.05, 0) is 31.9 Å². The summed E-state index contributed by atoms with van der Waals surface area (Å²) in [7, 11) is 0. The molecule has 0 bridgehead atoms. The van der Waals surface area contributed by atoms with Crippen molar-refractivity contribution in [3.05, 3.63) is 29.6 Å². The normalized spacial score (nSPS) is 31.2. The minimum absolute atomic E-state index is 0.0641. The molecule has 0 aliphatic heterocycles. The molecule has 1 aromatic rings. The number of aryl methyl sites for hydroxylation is 1. The molecule has 0 unspecified atom stereocenters. The van der Waals surface area contributed by atoms with E-state index in [0.29, 0.717) is 6.54 Å². The number of pyridine rings is 1. The molecule has 3 heteroatoms. The fourth-order valence-electron chi connectivity index (χ4n) is 2.16. The summed E-state index contributed by atoms with van der Waals surface area (Å²) < 4.78 is 0. The van der Waals surface area contributed by atoms with Crippen molar-refractivity contribution in [2.45, 2.75) is 31.3 Å². The lowest BCUT2D eigenvalue weighted by Crippen LogP contribution is -2.50. The number of aromatic nitrogens is 1. The zero-order valence-electron chi connectivity index (χ0n) is 8.40. The Morgan fingerprint density at radius 3 is 2.79 bits per heavy atom. The molecule has 3 N–H and O–H groups in total. The van der Waals surface area contributed by atoms with Crippen molar-refractivity contribution in [2.75, 3.05) is 6.54 Å². The van der Waals surface area contributed by atoms with E-state index in [9.17, 15) is 5.11 Å². The molecular weight excluding hydrogens is 176 g/mol. The lowest BCUT2D eigenvalue weighted by atomic mass is 9.64. The maximum absolute atomic E-state index is 9.36. The Balaban J connectivity index is 2.29. The maximum Gasteiger partial charge on any atom is 0.0559 e. The topological polar surface area (TPSA) is 59.1 Å². The second-order valence-electron chi connectivity index (χ2n) is 4.21. The van der Waals surface area contributed by atoms with Crippen LogP contribution >= 0.6 is 0 Å². The molecule has 76 valence electrons. The van der Waals surface area contributed by atoms with Gasteiger partial charge in [0.2, 0.25) is 0 Å². The van der Waals surface area contributed by atoms with Crippen LogP contribution < -0.4 is 5.73 Å². The first kappa shape index (κ1) is 9.62. The minimum atomic E-state index is -0.194. The van der Waals surface area contributed by atoms with Crippen LogP contribution in [0.3, 0.4) is 0 Å². The lowest BCUT2D eigenvalue weighted by Gasteiger charge is -2.44. The van der Waals surface area contributed by atoms with E-state index in [4.69, 9.17) is 5.73 Å². The first-order valence-corrected chi connectivity index (χ1v) is 4.98. The van der Waals surface area contributed by atoms with Crippen LogP contribution in [0.2, 0.25) is 0 Å². The number of nitrogens with zero attached hydrogens (tertiary/aromatic N) is 1. The highest BCUT2D eigenvalue weighted by atomic mass is 16.3. The van der Waals surface area contributed by atoms with E-state index in [1.54, 1.807) is 0 Å². The summed E-state index contributed by atoms with van der Waals surface area (Å²) in [6.45, 7) is 2.54. The van der Waals surface area contributed by atoms with Crippen LogP contribution in [0.1, 0.15) is 24.2 Å². The fraction of sp³-hybridized carbons (Fsp3) is 0.545. The Hall–Kier alpha value is -0.930.